The van der Waals surface area contributed by atoms with Crippen LogP contribution in [0.25, 0.3) is 0 Å². The monoisotopic (exact) mass is 257 g/mol. The Balaban J connectivity index is 2.04. The number of carbonyl (C=O) groups is 1. The first kappa shape index (κ1) is 14.1. The maximum Gasteiger partial charge on any atom is 0.332 e. The summed E-state index contributed by atoms with van der Waals surface area (Å²) in [6, 6.07) is 0. The lowest BCUT2D eigenvalue weighted by atomic mass is 10.3. The summed E-state index contributed by atoms with van der Waals surface area (Å²) in [7, 11) is 0. The minimum atomic E-state index is -0.278. The second-order valence-electron chi connectivity index (χ2n) is 3.74. The molecule has 0 aliphatic carbocycles. The van der Waals surface area contributed by atoms with Gasteiger partial charge in [0.1, 0.15) is 6.61 Å². The van der Waals surface area contributed by atoms with Gasteiger partial charge in [-0.05, 0) is 13.3 Å². The highest BCUT2D eigenvalue weighted by atomic mass is 32.1. The Morgan fingerprint density at radius 1 is 1.47 bits per heavy atom. The van der Waals surface area contributed by atoms with E-state index in [1.54, 1.807) is 11.3 Å². The van der Waals surface area contributed by atoms with Gasteiger partial charge in [0, 0.05) is 11.3 Å². The zero-order valence-electron chi connectivity index (χ0n) is 10.4. The lowest BCUT2D eigenvalue weighted by Gasteiger charge is -2.04. The van der Waals surface area contributed by atoms with Crippen molar-refractivity contribution in [2.24, 2.45) is 0 Å². The smallest absolute Gasteiger partial charge is 0.332 e. The Bertz CT molecular complexity index is 338. The standard InChI is InChI=1S/C12H19NO3S/c1-3-4-6-16-12(14)8-15-7-5-11-10(2)13-9-17-11/h9H,3-8H2,1-2H3. The van der Waals surface area contributed by atoms with Crippen LogP contribution in [0.2, 0.25) is 0 Å². The van der Waals surface area contributed by atoms with Crippen molar-refractivity contribution in [1.29, 1.82) is 0 Å². The van der Waals surface area contributed by atoms with Gasteiger partial charge in [-0.3, -0.25) is 0 Å². The molecule has 0 aliphatic rings. The third-order valence-electron chi connectivity index (χ3n) is 2.30. The van der Waals surface area contributed by atoms with Crippen molar-refractivity contribution >= 4 is 17.3 Å². The highest BCUT2D eigenvalue weighted by molar-refractivity contribution is 7.09. The summed E-state index contributed by atoms with van der Waals surface area (Å²) in [5.74, 6) is -0.278. The molecule has 0 amide bonds. The van der Waals surface area contributed by atoms with E-state index in [0.717, 1.165) is 25.0 Å². The van der Waals surface area contributed by atoms with Crippen LogP contribution in [0.15, 0.2) is 5.51 Å². The molecule has 17 heavy (non-hydrogen) atoms. The number of ether oxygens (including phenoxy) is 2. The van der Waals surface area contributed by atoms with Crippen molar-refractivity contribution in [3.05, 3.63) is 16.1 Å². The maximum absolute atomic E-state index is 11.2. The molecular formula is C12H19NO3S. The fourth-order valence-electron chi connectivity index (χ4n) is 1.26. The molecule has 0 N–H and O–H groups in total. The third-order valence-corrected chi connectivity index (χ3v) is 3.29. The van der Waals surface area contributed by atoms with E-state index in [4.69, 9.17) is 9.47 Å². The quantitative estimate of drug-likeness (QED) is 0.530. The van der Waals surface area contributed by atoms with Gasteiger partial charge < -0.3 is 9.47 Å². The van der Waals surface area contributed by atoms with Gasteiger partial charge in [-0.25, -0.2) is 9.78 Å². The molecule has 0 aromatic carbocycles. The normalized spacial score (nSPS) is 10.5. The minimum Gasteiger partial charge on any atom is -0.464 e. The van der Waals surface area contributed by atoms with Crippen LogP contribution in [0, 0.1) is 6.92 Å². The molecule has 1 aromatic heterocycles. The molecule has 0 saturated heterocycles. The molecule has 1 aromatic rings. The SMILES string of the molecule is CCCCOC(=O)COCCc1scnc1C. The highest BCUT2D eigenvalue weighted by Crippen LogP contribution is 2.12. The van der Waals surface area contributed by atoms with Crippen molar-refractivity contribution in [2.75, 3.05) is 19.8 Å². The molecule has 0 fully saturated rings. The number of esters is 1. The number of nitrogens with zero attached hydrogens (tertiary/aromatic N) is 1. The molecule has 0 bridgehead atoms. The van der Waals surface area contributed by atoms with E-state index in [1.165, 1.54) is 4.88 Å². The van der Waals surface area contributed by atoms with Crippen molar-refractivity contribution in [3.63, 3.8) is 0 Å². The number of hydrogen-bond acceptors (Lipinski definition) is 5. The first-order chi connectivity index (χ1) is 8.24. The van der Waals surface area contributed by atoms with Gasteiger partial charge in [-0.2, -0.15) is 0 Å². The van der Waals surface area contributed by atoms with E-state index < -0.39 is 0 Å². The van der Waals surface area contributed by atoms with Gasteiger partial charge in [0.25, 0.3) is 0 Å². The molecule has 96 valence electrons. The number of unbranched alkanes of at least 4 members (excludes halogenated alkanes) is 1. The predicted molar refractivity (Wildman–Crippen MR) is 67.2 cm³/mol. The summed E-state index contributed by atoms with van der Waals surface area (Å²) in [5, 5.41) is 0. The summed E-state index contributed by atoms with van der Waals surface area (Å²) in [4.78, 5) is 16.6. The second-order valence-corrected chi connectivity index (χ2v) is 4.68. The first-order valence-electron chi connectivity index (χ1n) is 5.86. The Labute approximate surface area is 106 Å². The van der Waals surface area contributed by atoms with Crippen LogP contribution in [0.3, 0.4) is 0 Å². The van der Waals surface area contributed by atoms with E-state index in [2.05, 4.69) is 11.9 Å². The topological polar surface area (TPSA) is 48.4 Å². The molecule has 0 atom stereocenters. The molecule has 1 heterocycles. The molecule has 0 saturated carbocycles. The number of carbonyl (C=O) groups excluding carboxylic acids is 1. The van der Waals surface area contributed by atoms with E-state index in [9.17, 15) is 4.79 Å². The summed E-state index contributed by atoms with van der Waals surface area (Å²) in [6.07, 6.45) is 2.74. The summed E-state index contributed by atoms with van der Waals surface area (Å²) < 4.78 is 10.2. The van der Waals surface area contributed by atoms with Gasteiger partial charge in [0.15, 0.2) is 0 Å². The molecule has 4 nitrogen and oxygen atoms in total. The van der Waals surface area contributed by atoms with Crippen LogP contribution in [0.5, 0.6) is 0 Å². The predicted octanol–water partition coefficient (Wildman–Crippen LogP) is 2.35. The first-order valence-corrected chi connectivity index (χ1v) is 6.74. The summed E-state index contributed by atoms with van der Waals surface area (Å²) >= 11 is 1.62. The summed E-state index contributed by atoms with van der Waals surface area (Å²) in [5.41, 5.74) is 2.87. The largest absolute Gasteiger partial charge is 0.464 e. The fraction of sp³-hybridized carbons (Fsp3) is 0.667. The molecule has 0 aliphatic heterocycles. The maximum atomic E-state index is 11.2. The van der Waals surface area contributed by atoms with Crippen molar-refractivity contribution in [1.82, 2.24) is 4.98 Å². The average molecular weight is 257 g/mol. The van der Waals surface area contributed by atoms with Gasteiger partial charge in [0.05, 0.1) is 24.4 Å². The van der Waals surface area contributed by atoms with Gasteiger partial charge in [0.2, 0.25) is 0 Å². The van der Waals surface area contributed by atoms with E-state index >= 15 is 0 Å². The van der Waals surface area contributed by atoms with Crippen LogP contribution in [-0.2, 0) is 20.7 Å². The Kier molecular flexibility index (Phi) is 6.81. The molecule has 5 heteroatoms. The molecule has 0 unspecified atom stereocenters. The zero-order valence-corrected chi connectivity index (χ0v) is 11.2. The minimum absolute atomic E-state index is 0.0432. The van der Waals surface area contributed by atoms with E-state index in [1.807, 2.05) is 12.4 Å². The van der Waals surface area contributed by atoms with Crippen LogP contribution in [0.4, 0.5) is 0 Å². The molecule has 0 radical (unpaired) electrons. The average Bonchev–Trinajstić information content (AvgIpc) is 2.71. The Morgan fingerprint density at radius 3 is 2.94 bits per heavy atom. The zero-order chi connectivity index (χ0) is 12.5. The van der Waals surface area contributed by atoms with Crippen LogP contribution >= 0.6 is 11.3 Å². The third kappa shape index (κ3) is 5.79. The van der Waals surface area contributed by atoms with Crippen LogP contribution < -0.4 is 0 Å². The molecule has 1 rings (SSSR count). The van der Waals surface area contributed by atoms with Crippen LogP contribution in [0.1, 0.15) is 30.3 Å². The lowest BCUT2D eigenvalue weighted by Crippen LogP contribution is -2.14. The van der Waals surface area contributed by atoms with E-state index in [0.29, 0.717) is 13.2 Å². The van der Waals surface area contributed by atoms with Gasteiger partial charge >= 0.3 is 5.97 Å². The molecular weight excluding hydrogens is 238 g/mol. The van der Waals surface area contributed by atoms with Crippen molar-refractivity contribution in [2.45, 2.75) is 33.1 Å². The second kappa shape index (κ2) is 8.20. The number of aryl methyl sites for hydroxylation is 1. The fourth-order valence-corrected chi connectivity index (χ4v) is 2.02. The summed E-state index contributed by atoms with van der Waals surface area (Å²) in [6.45, 7) is 5.10. The van der Waals surface area contributed by atoms with Crippen molar-refractivity contribution in [3.8, 4) is 0 Å². The number of aromatic nitrogens is 1. The van der Waals surface area contributed by atoms with Gasteiger partial charge in [-0.15, -0.1) is 11.3 Å². The number of hydrogen-bond donors (Lipinski definition) is 0. The Morgan fingerprint density at radius 2 is 2.29 bits per heavy atom. The van der Waals surface area contributed by atoms with Crippen LogP contribution in [-0.4, -0.2) is 30.8 Å². The Hall–Kier alpha value is -0.940. The van der Waals surface area contributed by atoms with Crippen molar-refractivity contribution < 1.29 is 14.3 Å². The lowest BCUT2D eigenvalue weighted by molar-refractivity contribution is -0.149. The van der Waals surface area contributed by atoms with Gasteiger partial charge in [-0.1, -0.05) is 13.3 Å². The highest BCUT2D eigenvalue weighted by Gasteiger charge is 2.04. The van der Waals surface area contributed by atoms with E-state index in [-0.39, 0.29) is 12.6 Å². The number of thiazole rings is 1. The molecule has 0 spiro atoms. The number of rotatable bonds is 8.